The summed E-state index contributed by atoms with van der Waals surface area (Å²) in [6, 6.07) is 13.8. The molecule has 174 valence electrons. The molecule has 2 aromatic rings. The number of fused-ring (bicyclic) bond motifs is 1. The Hall–Kier alpha value is -3.26. The molecule has 34 heavy (non-hydrogen) atoms. The van der Waals surface area contributed by atoms with Crippen molar-refractivity contribution in [3.05, 3.63) is 65.2 Å². The molecule has 2 aliphatic heterocycles. The van der Waals surface area contributed by atoms with Gasteiger partial charge in [-0.3, -0.25) is 19.2 Å². The first kappa shape index (κ1) is 22.5. The summed E-state index contributed by atoms with van der Waals surface area (Å²) in [4.78, 5) is 54.2. The molecule has 0 N–H and O–H groups in total. The number of nitrogens with zero attached hydrogens (tertiary/aromatic N) is 2. The molecule has 8 heteroatoms. The van der Waals surface area contributed by atoms with E-state index in [0.29, 0.717) is 12.1 Å². The summed E-state index contributed by atoms with van der Waals surface area (Å²) in [7, 11) is 0. The maximum atomic E-state index is 13.0. The number of esters is 1. The zero-order valence-electron chi connectivity index (χ0n) is 18.5. The van der Waals surface area contributed by atoms with Gasteiger partial charge in [0.15, 0.2) is 0 Å². The SMILES string of the molecule is C[C@@H]1C=CC[C@@H]2C(=O)N(c3cccc(OC(=O)[C@@H]4CC(=O)N(c5ccc(Br)cc5)C4)c3)C(=O)[C@@H]12. The molecule has 0 unspecified atom stereocenters. The zero-order chi connectivity index (χ0) is 24.0. The van der Waals surface area contributed by atoms with E-state index in [1.54, 1.807) is 23.1 Å². The van der Waals surface area contributed by atoms with Gasteiger partial charge in [0.05, 0.1) is 23.4 Å². The number of imide groups is 1. The lowest BCUT2D eigenvalue weighted by Crippen LogP contribution is -2.31. The average molecular weight is 523 g/mol. The summed E-state index contributed by atoms with van der Waals surface area (Å²) < 4.78 is 6.48. The van der Waals surface area contributed by atoms with Crippen molar-refractivity contribution in [2.45, 2.75) is 19.8 Å². The maximum Gasteiger partial charge on any atom is 0.316 e. The fraction of sp³-hybridized carbons (Fsp3) is 0.308. The third-order valence-electron chi connectivity index (χ3n) is 6.76. The molecule has 3 amide bonds. The fourth-order valence-corrected chi connectivity index (χ4v) is 5.29. The van der Waals surface area contributed by atoms with Crippen molar-refractivity contribution in [3.63, 3.8) is 0 Å². The van der Waals surface area contributed by atoms with Gasteiger partial charge < -0.3 is 9.64 Å². The predicted octanol–water partition coefficient (Wildman–Crippen LogP) is 4.11. The van der Waals surface area contributed by atoms with Gasteiger partial charge in [0.1, 0.15) is 5.75 Å². The van der Waals surface area contributed by atoms with Gasteiger partial charge in [-0.05, 0) is 48.7 Å². The molecule has 0 saturated carbocycles. The van der Waals surface area contributed by atoms with Gasteiger partial charge in [-0.1, -0.05) is 41.1 Å². The van der Waals surface area contributed by atoms with Gasteiger partial charge in [0.2, 0.25) is 17.7 Å². The van der Waals surface area contributed by atoms with Crippen LogP contribution in [0, 0.1) is 23.7 Å². The van der Waals surface area contributed by atoms with Gasteiger partial charge in [-0.25, -0.2) is 4.90 Å². The van der Waals surface area contributed by atoms with Crippen LogP contribution in [0.1, 0.15) is 19.8 Å². The third-order valence-corrected chi connectivity index (χ3v) is 7.29. The Morgan fingerprint density at radius 2 is 1.79 bits per heavy atom. The lowest BCUT2D eigenvalue weighted by molar-refractivity contribution is -0.139. The first-order valence-electron chi connectivity index (χ1n) is 11.3. The van der Waals surface area contributed by atoms with E-state index in [9.17, 15) is 19.2 Å². The molecule has 0 bridgehead atoms. The Morgan fingerprint density at radius 3 is 2.53 bits per heavy atom. The molecule has 1 aliphatic carbocycles. The van der Waals surface area contributed by atoms with Crippen LogP contribution in [0.25, 0.3) is 0 Å². The van der Waals surface area contributed by atoms with Crippen LogP contribution < -0.4 is 14.5 Å². The van der Waals surface area contributed by atoms with E-state index in [0.717, 1.165) is 10.2 Å². The molecule has 0 radical (unpaired) electrons. The number of hydrogen-bond acceptors (Lipinski definition) is 5. The Kier molecular flexibility index (Phi) is 5.85. The van der Waals surface area contributed by atoms with Gasteiger partial charge in [0.25, 0.3) is 0 Å². The van der Waals surface area contributed by atoms with Crippen molar-refractivity contribution in [2.24, 2.45) is 23.7 Å². The second-order valence-corrected chi connectivity index (χ2v) is 9.88. The second kappa shape index (κ2) is 8.83. The average Bonchev–Trinajstić information content (AvgIpc) is 3.33. The normalized spacial score (nSPS) is 26.2. The smallest absolute Gasteiger partial charge is 0.316 e. The van der Waals surface area contributed by atoms with E-state index in [2.05, 4.69) is 15.9 Å². The van der Waals surface area contributed by atoms with Crippen LogP contribution in [-0.4, -0.2) is 30.2 Å². The minimum absolute atomic E-state index is 0.00483. The van der Waals surface area contributed by atoms with Gasteiger partial charge in [0, 0.05) is 29.2 Å². The number of benzene rings is 2. The minimum atomic E-state index is -0.607. The predicted molar refractivity (Wildman–Crippen MR) is 129 cm³/mol. The topological polar surface area (TPSA) is 84.0 Å². The van der Waals surface area contributed by atoms with Gasteiger partial charge >= 0.3 is 5.97 Å². The lowest BCUT2D eigenvalue weighted by Gasteiger charge is -2.22. The Bertz CT molecular complexity index is 1210. The molecule has 2 saturated heterocycles. The molecular formula is C26H23BrN2O5. The standard InChI is InChI=1S/C26H23BrN2O5/c1-15-4-2-7-21-23(15)25(32)29(24(21)31)19-5-3-6-20(13-19)34-26(33)16-12-22(30)28(14-16)18-10-8-17(27)9-11-18/h2-6,8-11,13,15-16,21,23H,7,12,14H2,1H3/t15-,16-,21+,23+/m1/s1. The summed E-state index contributed by atoms with van der Waals surface area (Å²) >= 11 is 3.37. The summed E-state index contributed by atoms with van der Waals surface area (Å²) in [6.07, 6.45) is 4.55. The molecule has 0 spiro atoms. The number of carbonyl (C=O) groups is 4. The monoisotopic (exact) mass is 522 g/mol. The van der Waals surface area contributed by atoms with Crippen LogP contribution >= 0.6 is 15.9 Å². The van der Waals surface area contributed by atoms with Crippen LogP contribution in [0.15, 0.2) is 65.2 Å². The highest BCUT2D eigenvalue weighted by molar-refractivity contribution is 9.10. The zero-order valence-corrected chi connectivity index (χ0v) is 20.1. The van der Waals surface area contributed by atoms with Crippen LogP contribution in [0.4, 0.5) is 11.4 Å². The summed E-state index contributed by atoms with van der Waals surface area (Å²) in [6.45, 7) is 2.18. The first-order valence-corrected chi connectivity index (χ1v) is 12.0. The second-order valence-electron chi connectivity index (χ2n) is 8.97. The van der Waals surface area contributed by atoms with E-state index >= 15 is 0 Å². The van der Waals surface area contributed by atoms with E-state index in [1.807, 2.05) is 43.3 Å². The lowest BCUT2D eigenvalue weighted by atomic mass is 9.78. The van der Waals surface area contributed by atoms with Crippen molar-refractivity contribution < 1.29 is 23.9 Å². The van der Waals surface area contributed by atoms with E-state index in [1.165, 1.54) is 11.0 Å². The molecular weight excluding hydrogens is 500 g/mol. The summed E-state index contributed by atoms with van der Waals surface area (Å²) in [5.74, 6) is -2.20. The molecule has 7 nitrogen and oxygen atoms in total. The van der Waals surface area contributed by atoms with Crippen molar-refractivity contribution >= 4 is 51.0 Å². The molecule has 5 rings (SSSR count). The van der Waals surface area contributed by atoms with E-state index in [-0.39, 0.29) is 54.2 Å². The van der Waals surface area contributed by atoms with Crippen molar-refractivity contribution in [1.82, 2.24) is 0 Å². The van der Waals surface area contributed by atoms with Crippen LogP contribution in [0.5, 0.6) is 5.75 Å². The van der Waals surface area contributed by atoms with E-state index < -0.39 is 11.9 Å². The van der Waals surface area contributed by atoms with Crippen molar-refractivity contribution in [1.29, 1.82) is 0 Å². The largest absolute Gasteiger partial charge is 0.426 e. The molecule has 4 atom stereocenters. The third kappa shape index (κ3) is 3.96. The molecule has 2 fully saturated rings. The Labute approximate surface area is 205 Å². The number of amides is 3. The van der Waals surface area contributed by atoms with Gasteiger partial charge in [-0.15, -0.1) is 0 Å². The van der Waals surface area contributed by atoms with Crippen LogP contribution in [-0.2, 0) is 19.2 Å². The highest BCUT2D eigenvalue weighted by Gasteiger charge is 2.50. The summed E-state index contributed by atoms with van der Waals surface area (Å²) in [5, 5.41) is 0. The number of rotatable bonds is 4. The molecule has 0 aromatic heterocycles. The minimum Gasteiger partial charge on any atom is -0.426 e. The molecule has 2 heterocycles. The Morgan fingerprint density at radius 1 is 1.03 bits per heavy atom. The van der Waals surface area contributed by atoms with Crippen molar-refractivity contribution in [2.75, 3.05) is 16.3 Å². The van der Waals surface area contributed by atoms with Gasteiger partial charge in [-0.2, -0.15) is 0 Å². The number of ether oxygens (including phenoxy) is 1. The number of hydrogen-bond donors (Lipinski definition) is 0. The Balaban J connectivity index is 1.30. The molecule has 3 aliphatic rings. The number of halogens is 1. The highest BCUT2D eigenvalue weighted by Crippen LogP contribution is 2.41. The maximum absolute atomic E-state index is 13.0. The van der Waals surface area contributed by atoms with Crippen LogP contribution in [0.3, 0.4) is 0 Å². The highest BCUT2D eigenvalue weighted by atomic mass is 79.9. The first-order chi connectivity index (χ1) is 16.3. The number of allylic oxidation sites excluding steroid dienone is 2. The van der Waals surface area contributed by atoms with Crippen LogP contribution in [0.2, 0.25) is 0 Å². The van der Waals surface area contributed by atoms with Crippen molar-refractivity contribution in [3.8, 4) is 5.75 Å². The quantitative estimate of drug-likeness (QED) is 0.261. The fourth-order valence-electron chi connectivity index (χ4n) is 5.02. The number of carbonyl (C=O) groups excluding carboxylic acids is 4. The summed E-state index contributed by atoms with van der Waals surface area (Å²) in [5.41, 5.74) is 1.11. The molecule has 2 aromatic carbocycles. The van der Waals surface area contributed by atoms with E-state index in [4.69, 9.17) is 4.74 Å². The number of anilines is 2.